The lowest BCUT2D eigenvalue weighted by atomic mass is 9.95. The van der Waals surface area contributed by atoms with Gasteiger partial charge in [0.2, 0.25) is 0 Å². The van der Waals surface area contributed by atoms with Crippen molar-refractivity contribution in [2.24, 2.45) is 0 Å². The minimum atomic E-state index is 0.452. The number of aromatic nitrogens is 3. The molecule has 2 aliphatic heterocycles. The molecule has 0 amide bonds. The summed E-state index contributed by atoms with van der Waals surface area (Å²) in [5.74, 6) is 0.853. The number of imidazole rings is 1. The highest BCUT2D eigenvalue weighted by Crippen LogP contribution is 2.35. The molecule has 4 rings (SSSR count). The fraction of sp³-hybridized carbons (Fsp3) is 0.538. The maximum Gasteiger partial charge on any atom is 0.188 e. The number of nitrogens with zero attached hydrogens (tertiary/aromatic N) is 4. The standard InChI is InChI=1S/C13H14BrClN4OS/c14-11-12(15)16-7-18(11)10-6-21-13(17-10)19-8-2-1-3-9(19)5-20-4-8/h6-9H,1-5H2/t8-,9+. The van der Waals surface area contributed by atoms with Crippen LogP contribution >= 0.6 is 38.9 Å². The topological polar surface area (TPSA) is 43.2 Å². The summed E-state index contributed by atoms with van der Waals surface area (Å²) in [4.78, 5) is 11.3. The minimum Gasteiger partial charge on any atom is -0.377 e. The van der Waals surface area contributed by atoms with E-state index in [0.29, 0.717) is 17.2 Å². The first-order valence-electron chi connectivity index (χ1n) is 6.94. The summed E-state index contributed by atoms with van der Waals surface area (Å²) in [5.41, 5.74) is 0. The van der Waals surface area contributed by atoms with E-state index in [9.17, 15) is 0 Å². The van der Waals surface area contributed by atoms with Crippen LogP contribution in [0.5, 0.6) is 0 Å². The summed E-state index contributed by atoms with van der Waals surface area (Å²) in [6, 6.07) is 0.928. The molecule has 2 saturated heterocycles. The van der Waals surface area contributed by atoms with Crippen LogP contribution in [0.25, 0.3) is 5.82 Å². The van der Waals surface area contributed by atoms with Crippen LogP contribution in [-0.4, -0.2) is 39.8 Å². The monoisotopic (exact) mass is 388 g/mol. The van der Waals surface area contributed by atoms with Crippen molar-refractivity contribution in [1.29, 1.82) is 0 Å². The Morgan fingerprint density at radius 2 is 2.10 bits per heavy atom. The minimum absolute atomic E-state index is 0.452. The van der Waals surface area contributed by atoms with Gasteiger partial charge in [0, 0.05) is 5.38 Å². The van der Waals surface area contributed by atoms with E-state index in [-0.39, 0.29) is 0 Å². The molecule has 2 aromatic heterocycles. The summed E-state index contributed by atoms with van der Waals surface area (Å²) in [5, 5.41) is 3.57. The number of rotatable bonds is 2. The van der Waals surface area contributed by atoms with Crippen LogP contribution in [0.3, 0.4) is 0 Å². The number of hydrogen-bond acceptors (Lipinski definition) is 5. The molecule has 0 unspecified atom stereocenters. The lowest BCUT2D eigenvalue weighted by Crippen LogP contribution is -2.55. The van der Waals surface area contributed by atoms with Crippen LogP contribution in [0.1, 0.15) is 19.3 Å². The van der Waals surface area contributed by atoms with Gasteiger partial charge in [0.05, 0.1) is 25.3 Å². The van der Waals surface area contributed by atoms with E-state index in [1.807, 2.05) is 9.95 Å². The van der Waals surface area contributed by atoms with Gasteiger partial charge in [-0.05, 0) is 35.2 Å². The molecular formula is C13H14BrClN4OS. The van der Waals surface area contributed by atoms with Gasteiger partial charge >= 0.3 is 0 Å². The average Bonchev–Trinajstić information content (AvgIpc) is 3.06. The van der Waals surface area contributed by atoms with Gasteiger partial charge in [0.1, 0.15) is 10.9 Å². The quantitative estimate of drug-likeness (QED) is 0.788. The van der Waals surface area contributed by atoms with Crippen molar-refractivity contribution in [2.75, 3.05) is 18.1 Å². The molecule has 2 bridgehead atoms. The molecule has 2 fully saturated rings. The van der Waals surface area contributed by atoms with Gasteiger partial charge in [-0.25, -0.2) is 9.97 Å². The third-order valence-corrected chi connectivity index (χ3v) is 6.20. The van der Waals surface area contributed by atoms with E-state index in [1.54, 1.807) is 17.7 Å². The first-order chi connectivity index (χ1) is 10.2. The summed E-state index contributed by atoms with van der Waals surface area (Å²) in [6.45, 7) is 1.62. The fourth-order valence-corrected chi connectivity index (χ4v) is 4.56. The number of thiazole rings is 1. The molecule has 0 saturated carbocycles. The average molecular weight is 390 g/mol. The molecule has 2 atom stereocenters. The number of anilines is 1. The molecule has 8 heteroatoms. The molecule has 112 valence electrons. The van der Waals surface area contributed by atoms with Crippen LogP contribution in [0.15, 0.2) is 16.3 Å². The van der Waals surface area contributed by atoms with E-state index >= 15 is 0 Å². The fourth-order valence-electron chi connectivity index (χ4n) is 3.10. The lowest BCUT2D eigenvalue weighted by molar-refractivity contribution is 0.0463. The van der Waals surface area contributed by atoms with E-state index in [4.69, 9.17) is 21.3 Å². The predicted molar refractivity (Wildman–Crippen MR) is 86.7 cm³/mol. The van der Waals surface area contributed by atoms with Gasteiger partial charge in [-0.15, -0.1) is 11.3 Å². The molecular weight excluding hydrogens is 376 g/mol. The van der Waals surface area contributed by atoms with Crippen molar-refractivity contribution in [2.45, 2.75) is 31.3 Å². The van der Waals surface area contributed by atoms with Crippen LogP contribution in [0, 0.1) is 0 Å². The number of hydrogen-bond donors (Lipinski definition) is 0. The first-order valence-corrected chi connectivity index (χ1v) is 8.99. The first kappa shape index (κ1) is 14.0. The Kier molecular flexibility index (Phi) is 3.69. The van der Waals surface area contributed by atoms with Gasteiger partial charge in [0.15, 0.2) is 16.1 Å². The molecule has 0 radical (unpaired) electrons. The predicted octanol–water partition coefficient (Wildman–Crippen LogP) is 3.50. The van der Waals surface area contributed by atoms with E-state index in [2.05, 4.69) is 25.8 Å². The molecule has 0 aliphatic carbocycles. The highest BCUT2D eigenvalue weighted by Gasteiger charge is 2.36. The van der Waals surface area contributed by atoms with Gasteiger partial charge < -0.3 is 9.64 Å². The summed E-state index contributed by atoms with van der Waals surface area (Å²) < 4.78 is 8.30. The van der Waals surface area contributed by atoms with Crippen LogP contribution < -0.4 is 4.90 Å². The van der Waals surface area contributed by atoms with Crippen molar-refractivity contribution in [1.82, 2.24) is 14.5 Å². The molecule has 21 heavy (non-hydrogen) atoms. The van der Waals surface area contributed by atoms with E-state index < -0.39 is 0 Å². The van der Waals surface area contributed by atoms with Crippen molar-refractivity contribution in [3.8, 4) is 5.82 Å². The van der Waals surface area contributed by atoms with Crippen molar-refractivity contribution >= 4 is 44.0 Å². The Morgan fingerprint density at radius 3 is 2.76 bits per heavy atom. The zero-order chi connectivity index (χ0) is 14.4. The van der Waals surface area contributed by atoms with Crippen LogP contribution in [0.2, 0.25) is 5.15 Å². The van der Waals surface area contributed by atoms with Crippen molar-refractivity contribution in [3.63, 3.8) is 0 Å². The maximum absolute atomic E-state index is 5.98. The van der Waals surface area contributed by atoms with Gasteiger partial charge in [-0.3, -0.25) is 4.57 Å². The molecule has 2 aliphatic rings. The van der Waals surface area contributed by atoms with Crippen molar-refractivity contribution < 1.29 is 4.74 Å². The Balaban J connectivity index is 1.66. The Morgan fingerprint density at radius 1 is 1.33 bits per heavy atom. The largest absolute Gasteiger partial charge is 0.377 e. The third kappa shape index (κ3) is 2.40. The lowest BCUT2D eigenvalue weighted by Gasteiger charge is -2.45. The van der Waals surface area contributed by atoms with E-state index in [1.165, 1.54) is 19.3 Å². The van der Waals surface area contributed by atoms with Crippen LogP contribution in [0.4, 0.5) is 5.13 Å². The number of piperidine rings is 1. The highest BCUT2D eigenvalue weighted by molar-refractivity contribution is 9.10. The third-order valence-electron chi connectivity index (χ3n) is 4.10. The smallest absolute Gasteiger partial charge is 0.188 e. The zero-order valence-corrected chi connectivity index (χ0v) is 14.4. The highest BCUT2D eigenvalue weighted by atomic mass is 79.9. The number of ether oxygens (including phenoxy) is 1. The molecule has 0 spiro atoms. The number of morpholine rings is 1. The second kappa shape index (κ2) is 5.53. The van der Waals surface area contributed by atoms with E-state index in [0.717, 1.165) is 28.8 Å². The van der Waals surface area contributed by atoms with Gasteiger partial charge in [0.25, 0.3) is 0 Å². The Hall–Kier alpha value is -0.630. The van der Waals surface area contributed by atoms with Gasteiger partial charge in [-0.1, -0.05) is 11.6 Å². The zero-order valence-electron chi connectivity index (χ0n) is 11.2. The maximum atomic E-state index is 5.98. The summed E-state index contributed by atoms with van der Waals surface area (Å²) in [7, 11) is 0. The second-order valence-electron chi connectivity index (χ2n) is 5.37. The summed E-state index contributed by atoms with van der Waals surface area (Å²) >= 11 is 11.1. The molecule has 5 nitrogen and oxygen atoms in total. The Bertz CT molecular complexity index is 638. The number of fused-ring (bicyclic) bond motifs is 2. The second-order valence-corrected chi connectivity index (χ2v) is 7.31. The van der Waals surface area contributed by atoms with Gasteiger partial charge in [-0.2, -0.15) is 0 Å². The molecule has 4 heterocycles. The summed E-state index contributed by atoms with van der Waals surface area (Å²) in [6.07, 6.45) is 5.35. The molecule has 0 aromatic carbocycles. The normalized spacial score (nSPS) is 25.3. The number of halogens is 2. The molecule has 2 aromatic rings. The van der Waals surface area contributed by atoms with Crippen molar-refractivity contribution in [3.05, 3.63) is 21.5 Å². The van der Waals surface area contributed by atoms with Crippen LogP contribution in [-0.2, 0) is 4.74 Å². The SMILES string of the molecule is Clc1ncn(-c2csc(N3[C@@H]4CCC[C@H]3COC4)n2)c1Br. The Labute approximate surface area is 140 Å². The molecule has 0 N–H and O–H groups in total.